The van der Waals surface area contributed by atoms with Crippen molar-refractivity contribution in [2.45, 2.75) is 46.1 Å². The van der Waals surface area contributed by atoms with Crippen molar-refractivity contribution in [3.05, 3.63) is 0 Å². The van der Waals surface area contributed by atoms with E-state index >= 15 is 0 Å². The van der Waals surface area contributed by atoms with Gasteiger partial charge in [-0.15, -0.1) is 0 Å². The number of thioether (sulfide) groups is 1. The van der Waals surface area contributed by atoms with Gasteiger partial charge in [0.15, 0.2) is 0 Å². The van der Waals surface area contributed by atoms with Crippen molar-refractivity contribution in [2.75, 3.05) is 37.7 Å². The van der Waals surface area contributed by atoms with E-state index in [2.05, 4.69) is 5.32 Å². The second-order valence-corrected chi connectivity index (χ2v) is 8.02. The Morgan fingerprint density at radius 1 is 1.28 bits per heavy atom. The summed E-state index contributed by atoms with van der Waals surface area (Å²) in [4.78, 5) is 37.3. The first-order chi connectivity index (χ1) is 11.7. The summed E-state index contributed by atoms with van der Waals surface area (Å²) in [5.41, 5.74) is -0.517. The SMILES string of the molecule is CCOC(=O)C1CCCN(C(=O)CSCCNC(=O)OC(C)(C)C)C1. The van der Waals surface area contributed by atoms with Crippen molar-refractivity contribution < 1.29 is 23.9 Å². The van der Waals surface area contributed by atoms with Crippen LogP contribution in [0.25, 0.3) is 0 Å². The summed E-state index contributed by atoms with van der Waals surface area (Å²) < 4.78 is 10.2. The molecule has 25 heavy (non-hydrogen) atoms. The molecular formula is C17H30N2O5S. The zero-order chi connectivity index (χ0) is 18.9. The molecule has 1 aliphatic rings. The molecule has 1 aliphatic heterocycles. The number of nitrogens with one attached hydrogen (secondary N) is 1. The van der Waals surface area contributed by atoms with Crippen LogP contribution in [-0.4, -0.2) is 66.2 Å². The second kappa shape index (κ2) is 10.5. The summed E-state index contributed by atoms with van der Waals surface area (Å²) in [6.07, 6.45) is 1.14. The molecule has 0 radical (unpaired) electrons. The lowest BCUT2D eigenvalue weighted by molar-refractivity contribution is -0.151. The average Bonchev–Trinajstić information content (AvgIpc) is 2.53. The number of hydrogen-bond donors (Lipinski definition) is 1. The number of rotatable bonds is 7. The van der Waals surface area contributed by atoms with E-state index in [0.29, 0.717) is 37.7 Å². The van der Waals surface area contributed by atoms with Crippen LogP contribution in [0.4, 0.5) is 4.79 Å². The Labute approximate surface area is 154 Å². The number of carbonyl (C=O) groups is 3. The third kappa shape index (κ3) is 9.00. The molecule has 7 nitrogen and oxygen atoms in total. The van der Waals surface area contributed by atoms with Crippen molar-refractivity contribution >= 4 is 29.7 Å². The number of likely N-dealkylation sites (tertiary alicyclic amines) is 1. The van der Waals surface area contributed by atoms with Crippen molar-refractivity contribution in [3.8, 4) is 0 Å². The summed E-state index contributed by atoms with van der Waals surface area (Å²) in [6, 6.07) is 0. The first kappa shape index (κ1) is 21.6. The molecule has 0 spiro atoms. The molecule has 1 N–H and O–H groups in total. The molecular weight excluding hydrogens is 344 g/mol. The Bertz CT molecular complexity index is 464. The highest BCUT2D eigenvalue weighted by Crippen LogP contribution is 2.19. The smallest absolute Gasteiger partial charge is 0.407 e. The van der Waals surface area contributed by atoms with Crippen molar-refractivity contribution in [3.63, 3.8) is 0 Å². The second-order valence-electron chi connectivity index (χ2n) is 6.91. The standard InChI is InChI=1S/C17H30N2O5S/c1-5-23-15(21)13-7-6-9-19(11-13)14(20)12-25-10-8-18-16(22)24-17(2,3)4/h13H,5-12H2,1-4H3,(H,18,22). The first-order valence-corrected chi connectivity index (χ1v) is 9.87. The van der Waals surface area contributed by atoms with Crippen molar-refractivity contribution in [1.29, 1.82) is 0 Å². The van der Waals surface area contributed by atoms with Gasteiger partial charge in [-0.25, -0.2) is 4.79 Å². The quantitative estimate of drug-likeness (QED) is 0.542. The van der Waals surface area contributed by atoms with E-state index in [1.807, 2.05) is 20.8 Å². The van der Waals surface area contributed by atoms with Gasteiger partial charge in [-0.1, -0.05) is 0 Å². The van der Waals surface area contributed by atoms with Gasteiger partial charge in [0.2, 0.25) is 5.91 Å². The Hall–Kier alpha value is -1.44. The maximum absolute atomic E-state index is 12.2. The predicted octanol–water partition coefficient (Wildman–Crippen LogP) is 2.05. The molecule has 144 valence electrons. The van der Waals surface area contributed by atoms with Crippen LogP contribution in [0.5, 0.6) is 0 Å². The maximum Gasteiger partial charge on any atom is 0.407 e. The van der Waals surface area contributed by atoms with Crippen LogP contribution in [0.15, 0.2) is 0 Å². The topological polar surface area (TPSA) is 84.9 Å². The van der Waals surface area contributed by atoms with E-state index in [9.17, 15) is 14.4 Å². The minimum atomic E-state index is -0.517. The highest BCUT2D eigenvalue weighted by atomic mass is 32.2. The van der Waals surface area contributed by atoms with Gasteiger partial charge in [-0.2, -0.15) is 11.8 Å². The summed E-state index contributed by atoms with van der Waals surface area (Å²) >= 11 is 1.46. The number of piperidine rings is 1. The van der Waals surface area contributed by atoms with Gasteiger partial charge >= 0.3 is 12.1 Å². The number of carbonyl (C=O) groups excluding carboxylic acids is 3. The van der Waals surface area contributed by atoms with E-state index in [-0.39, 0.29) is 17.8 Å². The molecule has 2 amide bonds. The van der Waals surface area contributed by atoms with E-state index in [1.54, 1.807) is 11.8 Å². The van der Waals surface area contributed by atoms with Gasteiger partial charge in [0.05, 0.1) is 18.3 Å². The molecule has 1 unspecified atom stereocenters. The molecule has 0 saturated carbocycles. The Morgan fingerprint density at radius 2 is 2.00 bits per heavy atom. The number of nitrogens with zero attached hydrogens (tertiary/aromatic N) is 1. The molecule has 0 aromatic carbocycles. The number of esters is 1. The van der Waals surface area contributed by atoms with Gasteiger partial charge in [0.1, 0.15) is 5.60 Å². The van der Waals surface area contributed by atoms with Gasteiger partial charge in [-0.05, 0) is 40.5 Å². The molecule has 1 fully saturated rings. The van der Waals surface area contributed by atoms with Gasteiger partial charge in [0, 0.05) is 25.4 Å². The Morgan fingerprint density at radius 3 is 2.64 bits per heavy atom. The predicted molar refractivity (Wildman–Crippen MR) is 97.5 cm³/mol. The minimum Gasteiger partial charge on any atom is -0.466 e. The minimum absolute atomic E-state index is 0.0243. The van der Waals surface area contributed by atoms with Crippen LogP contribution in [0.2, 0.25) is 0 Å². The number of amides is 2. The number of ether oxygens (including phenoxy) is 2. The number of alkyl carbamates (subject to hydrolysis) is 1. The molecule has 0 aromatic rings. The van der Waals surface area contributed by atoms with Crippen LogP contribution in [0.3, 0.4) is 0 Å². The fourth-order valence-corrected chi connectivity index (χ4v) is 3.19. The van der Waals surface area contributed by atoms with Crippen LogP contribution in [-0.2, 0) is 19.1 Å². The normalized spacial score (nSPS) is 17.8. The fraction of sp³-hybridized carbons (Fsp3) is 0.824. The molecule has 1 atom stereocenters. The first-order valence-electron chi connectivity index (χ1n) is 8.72. The zero-order valence-corrected chi connectivity index (χ0v) is 16.4. The highest BCUT2D eigenvalue weighted by molar-refractivity contribution is 7.99. The highest BCUT2D eigenvalue weighted by Gasteiger charge is 2.29. The molecule has 0 aliphatic carbocycles. The van der Waals surface area contributed by atoms with E-state index in [0.717, 1.165) is 12.8 Å². The monoisotopic (exact) mass is 374 g/mol. The Kier molecular flexibility index (Phi) is 9.10. The van der Waals surface area contributed by atoms with Crippen LogP contribution < -0.4 is 5.32 Å². The molecule has 1 heterocycles. The van der Waals surface area contributed by atoms with Crippen LogP contribution in [0, 0.1) is 5.92 Å². The van der Waals surface area contributed by atoms with Crippen LogP contribution in [0.1, 0.15) is 40.5 Å². The third-order valence-electron chi connectivity index (χ3n) is 3.53. The summed E-state index contributed by atoms with van der Waals surface area (Å²) in [5.74, 6) is 0.563. The van der Waals surface area contributed by atoms with Crippen molar-refractivity contribution in [1.82, 2.24) is 10.2 Å². The van der Waals surface area contributed by atoms with Gasteiger partial charge in [0.25, 0.3) is 0 Å². The number of hydrogen-bond acceptors (Lipinski definition) is 6. The maximum atomic E-state index is 12.2. The largest absolute Gasteiger partial charge is 0.466 e. The molecule has 8 heteroatoms. The lowest BCUT2D eigenvalue weighted by atomic mass is 9.98. The van der Waals surface area contributed by atoms with E-state index < -0.39 is 11.7 Å². The average molecular weight is 375 g/mol. The van der Waals surface area contributed by atoms with Gasteiger partial charge < -0.3 is 19.7 Å². The fourth-order valence-electron chi connectivity index (χ4n) is 2.45. The summed E-state index contributed by atoms with van der Waals surface area (Å²) in [7, 11) is 0. The van der Waals surface area contributed by atoms with Crippen LogP contribution >= 0.6 is 11.8 Å². The zero-order valence-electron chi connectivity index (χ0n) is 15.6. The third-order valence-corrected chi connectivity index (χ3v) is 4.48. The lowest BCUT2D eigenvalue weighted by Gasteiger charge is -2.31. The Balaban J connectivity index is 2.21. The van der Waals surface area contributed by atoms with Crippen molar-refractivity contribution in [2.24, 2.45) is 5.92 Å². The molecule has 0 bridgehead atoms. The summed E-state index contributed by atoms with van der Waals surface area (Å²) in [6.45, 7) is 9.14. The lowest BCUT2D eigenvalue weighted by Crippen LogP contribution is -2.43. The van der Waals surface area contributed by atoms with Gasteiger partial charge in [-0.3, -0.25) is 9.59 Å². The molecule has 1 rings (SSSR count). The molecule has 1 saturated heterocycles. The summed E-state index contributed by atoms with van der Waals surface area (Å²) in [5, 5.41) is 2.66. The van der Waals surface area contributed by atoms with E-state index in [1.165, 1.54) is 11.8 Å². The van der Waals surface area contributed by atoms with E-state index in [4.69, 9.17) is 9.47 Å². The molecule has 0 aromatic heterocycles.